The van der Waals surface area contributed by atoms with Crippen molar-refractivity contribution in [3.63, 3.8) is 0 Å². The fourth-order valence-corrected chi connectivity index (χ4v) is 2.27. The maximum absolute atomic E-state index is 12.1. The van der Waals surface area contributed by atoms with Crippen LogP contribution in [0.15, 0.2) is 42.5 Å². The molecule has 27 heavy (non-hydrogen) atoms. The highest BCUT2D eigenvalue weighted by atomic mass is 16.5. The highest BCUT2D eigenvalue weighted by molar-refractivity contribution is 5.93. The van der Waals surface area contributed by atoms with Crippen molar-refractivity contribution in [2.24, 2.45) is 5.92 Å². The van der Waals surface area contributed by atoms with Crippen molar-refractivity contribution in [3.05, 3.63) is 53.6 Å². The number of benzene rings is 2. The molecule has 2 aromatic carbocycles. The third-order valence-corrected chi connectivity index (χ3v) is 3.64. The second-order valence-corrected chi connectivity index (χ2v) is 6.80. The van der Waals surface area contributed by atoms with Crippen molar-refractivity contribution < 1.29 is 19.1 Å². The number of carbonyl (C=O) groups excluding carboxylic acids is 2. The largest absolute Gasteiger partial charge is 0.483 e. The van der Waals surface area contributed by atoms with Crippen LogP contribution in [-0.2, 0) is 9.53 Å². The second kappa shape index (κ2) is 9.62. The Bertz CT molecular complexity index is 803. The van der Waals surface area contributed by atoms with E-state index >= 15 is 0 Å². The number of anilines is 2. The zero-order valence-electron chi connectivity index (χ0n) is 16.2. The van der Waals surface area contributed by atoms with Crippen LogP contribution >= 0.6 is 0 Å². The molecule has 6 nitrogen and oxygen atoms in total. The lowest BCUT2D eigenvalue weighted by atomic mass is 10.1. The zero-order chi connectivity index (χ0) is 19.8. The summed E-state index contributed by atoms with van der Waals surface area (Å²) < 4.78 is 10.7. The van der Waals surface area contributed by atoms with Crippen LogP contribution in [0.4, 0.5) is 16.2 Å². The predicted octanol–water partition coefficient (Wildman–Crippen LogP) is 4.53. The number of aryl methyl sites for hydroxylation is 2. The van der Waals surface area contributed by atoms with Crippen LogP contribution in [0.25, 0.3) is 0 Å². The molecule has 0 spiro atoms. The van der Waals surface area contributed by atoms with Crippen molar-refractivity contribution in [2.45, 2.75) is 27.7 Å². The molecule has 0 atom stereocenters. The first kappa shape index (κ1) is 20.3. The Morgan fingerprint density at radius 3 is 2.41 bits per heavy atom. The van der Waals surface area contributed by atoms with Crippen LogP contribution in [0.2, 0.25) is 0 Å². The van der Waals surface area contributed by atoms with Gasteiger partial charge in [0, 0.05) is 11.4 Å². The third-order valence-electron chi connectivity index (χ3n) is 3.64. The standard InChI is InChI=1S/C21H26N2O4/c1-14(2)12-27-21(25)23-18-7-5-6-17(11-18)22-20(24)13-26-19-10-15(3)8-9-16(19)4/h5-11,14H,12-13H2,1-4H3,(H,22,24)(H,23,25). The average molecular weight is 370 g/mol. The molecule has 6 heteroatoms. The number of amides is 2. The van der Waals surface area contributed by atoms with Gasteiger partial charge >= 0.3 is 6.09 Å². The Morgan fingerprint density at radius 1 is 1.00 bits per heavy atom. The molecule has 144 valence electrons. The van der Waals surface area contributed by atoms with E-state index in [1.54, 1.807) is 24.3 Å². The van der Waals surface area contributed by atoms with Crippen molar-refractivity contribution in [1.29, 1.82) is 0 Å². The SMILES string of the molecule is Cc1ccc(C)c(OCC(=O)Nc2cccc(NC(=O)OCC(C)C)c2)c1. The van der Waals surface area contributed by atoms with Gasteiger partial charge in [-0.05, 0) is 55.2 Å². The molecule has 0 bridgehead atoms. The highest BCUT2D eigenvalue weighted by Gasteiger charge is 2.08. The molecular formula is C21H26N2O4. The molecule has 0 aromatic heterocycles. The maximum atomic E-state index is 12.1. The van der Waals surface area contributed by atoms with Gasteiger partial charge in [-0.2, -0.15) is 0 Å². The first-order chi connectivity index (χ1) is 12.8. The number of nitrogens with one attached hydrogen (secondary N) is 2. The Hall–Kier alpha value is -3.02. The number of hydrogen-bond donors (Lipinski definition) is 2. The summed E-state index contributed by atoms with van der Waals surface area (Å²) in [5.41, 5.74) is 3.14. The number of carbonyl (C=O) groups is 2. The Labute approximate surface area is 159 Å². The summed E-state index contributed by atoms with van der Waals surface area (Å²) in [7, 11) is 0. The second-order valence-electron chi connectivity index (χ2n) is 6.80. The van der Waals surface area contributed by atoms with E-state index in [9.17, 15) is 9.59 Å². The molecule has 0 aliphatic rings. The maximum Gasteiger partial charge on any atom is 0.411 e. The van der Waals surface area contributed by atoms with Gasteiger partial charge in [-0.15, -0.1) is 0 Å². The van der Waals surface area contributed by atoms with Crippen molar-refractivity contribution in [2.75, 3.05) is 23.8 Å². The lowest BCUT2D eigenvalue weighted by Gasteiger charge is -2.12. The van der Waals surface area contributed by atoms with Gasteiger partial charge in [-0.3, -0.25) is 10.1 Å². The van der Waals surface area contributed by atoms with Gasteiger partial charge in [0.25, 0.3) is 5.91 Å². The minimum Gasteiger partial charge on any atom is -0.483 e. The predicted molar refractivity (Wildman–Crippen MR) is 106 cm³/mol. The summed E-state index contributed by atoms with van der Waals surface area (Å²) in [5, 5.41) is 5.39. The fraction of sp³-hybridized carbons (Fsp3) is 0.333. The van der Waals surface area contributed by atoms with Gasteiger partial charge in [0.1, 0.15) is 5.75 Å². The van der Waals surface area contributed by atoms with Crippen LogP contribution in [0.3, 0.4) is 0 Å². The molecule has 0 saturated heterocycles. The van der Waals surface area contributed by atoms with Gasteiger partial charge < -0.3 is 14.8 Å². The van der Waals surface area contributed by atoms with Gasteiger partial charge in [0.2, 0.25) is 0 Å². The Balaban J connectivity index is 1.88. The van der Waals surface area contributed by atoms with Gasteiger partial charge in [0.15, 0.2) is 6.61 Å². The van der Waals surface area contributed by atoms with Crippen molar-refractivity contribution in [3.8, 4) is 5.75 Å². The van der Waals surface area contributed by atoms with E-state index in [4.69, 9.17) is 9.47 Å². The van der Waals surface area contributed by atoms with E-state index in [0.717, 1.165) is 11.1 Å². The van der Waals surface area contributed by atoms with Crippen LogP contribution < -0.4 is 15.4 Å². The summed E-state index contributed by atoms with van der Waals surface area (Å²) in [6.07, 6.45) is -0.523. The minimum absolute atomic E-state index is 0.0988. The number of hydrogen-bond acceptors (Lipinski definition) is 4. The summed E-state index contributed by atoms with van der Waals surface area (Å²) in [6, 6.07) is 12.7. The average Bonchev–Trinajstić information content (AvgIpc) is 2.61. The summed E-state index contributed by atoms with van der Waals surface area (Å²) >= 11 is 0. The van der Waals surface area contributed by atoms with E-state index < -0.39 is 6.09 Å². The molecule has 0 fully saturated rings. The Kier molecular flexibility index (Phi) is 7.23. The summed E-state index contributed by atoms with van der Waals surface area (Å²) in [5.74, 6) is 0.669. The van der Waals surface area contributed by atoms with E-state index in [2.05, 4.69) is 10.6 Å². The van der Waals surface area contributed by atoms with Crippen LogP contribution in [0, 0.1) is 19.8 Å². The molecule has 2 N–H and O–H groups in total. The molecule has 2 amide bonds. The van der Waals surface area contributed by atoms with Crippen LogP contribution in [-0.4, -0.2) is 25.2 Å². The monoisotopic (exact) mass is 370 g/mol. The first-order valence-corrected chi connectivity index (χ1v) is 8.87. The van der Waals surface area contributed by atoms with Gasteiger partial charge in [0.05, 0.1) is 6.61 Å². The molecular weight excluding hydrogens is 344 g/mol. The molecule has 0 heterocycles. The summed E-state index contributed by atoms with van der Waals surface area (Å²) in [6.45, 7) is 8.07. The molecule has 0 aliphatic heterocycles. The lowest BCUT2D eigenvalue weighted by molar-refractivity contribution is -0.118. The minimum atomic E-state index is -0.523. The van der Waals surface area contributed by atoms with E-state index in [1.165, 1.54) is 0 Å². The zero-order valence-corrected chi connectivity index (χ0v) is 16.2. The topological polar surface area (TPSA) is 76.7 Å². The lowest BCUT2D eigenvalue weighted by Crippen LogP contribution is -2.21. The first-order valence-electron chi connectivity index (χ1n) is 8.87. The molecule has 0 saturated carbocycles. The highest BCUT2D eigenvalue weighted by Crippen LogP contribution is 2.19. The van der Waals surface area contributed by atoms with Crippen LogP contribution in [0.1, 0.15) is 25.0 Å². The van der Waals surface area contributed by atoms with Gasteiger partial charge in [-0.25, -0.2) is 4.79 Å². The van der Waals surface area contributed by atoms with E-state index in [1.807, 2.05) is 45.9 Å². The van der Waals surface area contributed by atoms with Gasteiger partial charge in [-0.1, -0.05) is 32.0 Å². The third kappa shape index (κ3) is 7.01. The van der Waals surface area contributed by atoms with E-state index in [0.29, 0.717) is 23.7 Å². The molecule has 0 aliphatic carbocycles. The molecule has 0 unspecified atom stereocenters. The van der Waals surface area contributed by atoms with E-state index in [-0.39, 0.29) is 18.4 Å². The fourth-order valence-electron chi connectivity index (χ4n) is 2.27. The van der Waals surface area contributed by atoms with Crippen molar-refractivity contribution >= 4 is 23.4 Å². The smallest absolute Gasteiger partial charge is 0.411 e. The van der Waals surface area contributed by atoms with Crippen LogP contribution in [0.5, 0.6) is 5.75 Å². The number of rotatable bonds is 7. The molecule has 2 aromatic rings. The quantitative estimate of drug-likeness (QED) is 0.751. The number of ether oxygens (including phenoxy) is 2. The molecule has 0 radical (unpaired) electrons. The normalized spacial score (nSPS) is 10.4. The Morgan fingerprint density at radius 2 is 1.70 bits per heavy atom. The summed E-state index contributed by atoms with van der Waals surface area (Å²) in [4.78, 5) is 23.9. The molecule has 2 rings (SSSR count). The van der Waals surface area contributed by atoms with Crippen molar-refractivity contribution in [1.82, 2.24) is 0 Å².